The Bertz CT molecular complexity index is 731. The predicted molar refractivity (Wildman–Crippen MR) is 85.7 cm³/mol. The van der Waals surface area contributed by atoms with Crippen LogP contribution < -0.4 is 10.2 Å². The molecule has 0 fully saturated rings. The first-order valence-corrected chi connectivity index (χ1v) is 7.31. The lowest BCUT2D eigenvalue weighted by atomic mass is 9.93. The minimum Gasteiger partial charge on any atom is -0.355 e. The van der Waals surface area contributed by atoms with E-state index in [-0.39, 0.29) is 11.9 Å². The largest absolute Gasteiger partial charge is 0.355 e. The average Bonchev–Trinajstić information content (AvgIpc) is 2.60. The number of rotatable bonds is 2. The molecule has 1 atom stereocenters. The van der Waals surface area contributed by atoms with Gasteiger partial charge in [-0.3, -0.25) is 4.79 Å². The molecule has 4 heteroatoms. The van der Waals surface area contributed by atoms with Crippen molar-refractivity contribution < 1.29 is 4.79 Å². The van der Waals surface area contributed by atoms with E-state index >= 15 is 0 Å². The van der Waals surface area contributed by atoms with Crippen molar-refractivity contribution >= 4 is 11.6 Å². The molecule has 1 unspecified atom stereocenters. The van der Waals surface area contributed by atoms with E-state index in [1.165, 1.54) is 5.56 Å². The van der Waals surface area contributed by atoms with Crippen LogP contribution in [-0.2, 0) is 6.42 Å². The molecule has 22 heavy (non-hydrogen) atoms. The van der Waals surface area contributed by atoms with E-state index in [4.69, 9.17) is 0 Å². The van der Waals surface area contributed by atoms with E-state index in [0.717, 1.165) is 24.2 Å². The summed E-state index contributed by atoms with van der Waals surface area (Å²) in [5, 5.41) is 12.2. The van der Waals surface area contributed by atoms with Gasteiger partial charge in [0.25, 0.3) is 5.91 Å². The maximum atomic E-state index is 11.6. The zero-order valence-corrected chi connectivity index (χ0v) is 12.4. The number of fused-ring (bicyclic) bond motifs is 1. The Morgan fingerprint density at radius 2 is 1.95 bits per heavy atom. The average molecular weight is 291 g/mol. The zero-order valence-electron chi connectivity index (χ0n) is 12.4. The topological polar surface area (TPSA) is 56.1 Å². The highest BCUT2D eigenvalue weighted by Crippen LogP contribution is 2.33. The van der Waals surface area contributed by atoms with Crippen molar-refractivity contribution in [1.29, 1.82) is 5.26 Å². The number of hydrogen-bond donors (Lipinski definition) is 1. The molecule has 0 saturated carbocycles. The Labute approximate surface area is 130 Å². The molecular formula is C18H17N3O. The van der Waals surface area contributed by atoms with Gasteiger partial charge < -0.3 is 10.2 Å². The van der Waals surface area contributed by atoms with Gasteiger partial charge in [-0.1, -0.05) is 24.3 Å². The first kappa shape index (κ1) is 14.2. The number of nitriles is 1. The SMILES string of the molecule is CNC(=O)c1ccc(N2CCc3ccccc3C2C#N)cc1. The normalized spacial score (nSPS) is 16.5. The van der Waals surface area contributed by atoms with Crippen LogP contribution in [0.1, 0.15) is 27.5 Å². The smallest absolute Gasteiger partial charge is 0.251 e. The van der Waals surface area contributed by atoms with E-state index in [1.807, 2.05) is 30.3 Å². The Hall–Kier alpha value is -2.80. The molecule has 1 amide bonds. The lowest BCUT2D eigenvalue weighted by molar-refractivity contribution is 0.0963. The molecule has 0 aromatic heterocycles. The molecule has 0 spiro atoms. The van der Waals surface area contributed by atoms with Crippen molar-refractivity contribution in [3.05, 3.63) is 65.2 Å². The highest BCUT2D eigenvalue weighted by Gasteiger charge is 2.27. The summed E-state index contributed by atoms with van der Waals surface area (Å²) in [5.41, 5.74) is 3.91. The molecule has 1 N–H and O–H groups in total. The second-order valence-electron chi connectivity index (χ2n) is 5.30. The third-order valence-electron chi connectivity index (χ3n) is 4.09. The molecule has 1 aliphatic rings. The van der Waals surface area contributed by atoms with Crippen molar-refractivity contribution in [2.45, 2.75) is 12.5 Å². The first-order chi connectivity index (χ1) is 10.7. The fraction of sp³-hybridized carbons (Fsp3) is 0.222. The number of nitrogens with zero attached hydrogens (tertiary/aromatic N) is 2. The van der Waals surface area contributed by atoms with Crippen LogP contribution in [0.3, 0.4) is 0 Å². The summed E-state index contributed by atoms with van der Waals surface area (Å²) >= 11 is 0. The molecule has 0 radical (unpaired) electrons. The number of anilines is 1. The highest BCUT2D eigenvalue weighted by atomic mass is 16.1. The van der Waals surface area contributed by atoms with Gasteiger partial charge in [0.15, 0.2) is 0 Å². The van der Waals surface area contributed by atoms with Gasteiger partial charge in [-0.05, 0) is 41.8 Å². The molecule has 1 aliphatic heterocycles. The highest BCUT2D eigenvalue weighted by molar-refractivity contribution is 5.94. The summed E-state index contributed by atoms with van der Waals surface area (Å²) in [6.07, 6.45) is 0.922. The van der Waals surface area contributed by atoms with Gasteiger partial charge in [0.2, 0.25) is 0 Å². The van der Waals surface area contributed by atoms with Crippen molar-refractivity contribution in [2.24, 2.45) is 0 Å². The fourth-order valence-corrected chi connectivity index (χ4v) is 2.93. The molecule has 0 aliphatic carbocycles. The Balaban J connectivity index is 1.92. The maximum Gasteiger partial charge on any atom is 0.251 e. The van der Waals surface area contributed by atoms with Crippen molar-refractivity contribution in [3.63, 3.8) is 0 Å². The lowest BCUT2D eigenvalue weighted by Gasteiger charge is -2.35. The number of hydrogen-bond acceptors (Lipinski definition) is 3. The van der Waals surface area contributed by atoms with Gasteiger partial charge in [-0.2, -0.15) is 5.26 Å². The molecular weight excluding hydrogens is 274 g/mol. The van der Waals surface area contributed by atoms with Crippen LogP contribution in [0, 0.1) is 11.3 Å². The molecule has 2 aromatic carbocycles. The van der Waals surface area contributed by atoms with Gasteiger partial charge in [0, 0.05) is 24.8 Å². The van der Waals surface area contributed by atoms with Crippen LogP contribution in [0.15, 0.2) is 48.5 Å². The summed E-state index contributed by atoms with van der Waals surface area (Å²) in [4.78, 5) is 13.7. The summed E-state index contributed by atoms with van der Waals surface area (Å²) in [6.45, 7) is 0.800. The molecule has 0 saturated heterocycles. The number of amides is 1. The van der Waals surface area contributed by atoms with Gasteiger partial charge in [-0.15, -0.1) is 0 Å². The number of carbonyl (C=O) groups is 1. The van der Waals surface area contributed by atoms with Crippen LogP contribution in [0.25, 0.3) is 0 Å². The number of carbonyl (C=O) groups excluding carboxylic acids is 1. The fourth-order valence-electron chi connectivity index (χ4n) is 2.93. The zero-order chi connectivity index (χ0) is 15.5. The van der Waals surface area contributed by atoms with Gasteiger partial charge in [0.1, 0.15) is 6.04 Å². The lowest BCUT2D eigenvalue weighted by Crippen LogP contribution is -2.34. The van der Waals surface area contributed by atoms with E-state index < -0.39 is 0 Å². The van der Waals surface area contributed by atoms with E-state index in [9.17, 15) is 10.1 Å². The van der Waals surface area contributed by atoms with Gasteiger partial charge >= 0.3 is 0 Å². The molecule has 2 aromatic rings. The first-order valence-electron chi connectivity index (χ1n) is 7.31. The molecule has 0 bridgehead atoms. The Morgan fingerprint density at radius 1 is 1.23 bits per heavy atom. The van der Waals surface area contributed by atoms with Crippen molar-refractivity contribution in [3.8, 4) is 6.07 Å². The number of nitrogens with one attached hydrogen (secondary N) is 1. The van der Waals surface area contributed by atoms with Gasteiger partial charge in [-0.25, -0.2) is 0 Å². The summed E-state index contributed by atoms with van der Waals surface area (Å²) < 4.78 is 0. The van der Waals surface area contributed by atoms with Crippen LogP contribution in [-0.4, -0.2) is 19.5 Å². The van der Waals surface area contributed by atoms with Crippen LogP contribution >= 0.6 is 0 Å². The Morgan fingerprint density at radius 3 is 2.64 bits per heavy atom. The standard InChI is InChI=1S/C18H17N3O/c1-20-18(22)14-6-8-15(9-7-14)21-11-10-13-4-2-3-5-16(13)17(21)12-19/h2-9,17H,10-11H2,1H3,(H,20,22). The van der Waals surface area contributed by atoms with E-state index in [2.05, 4.69) is 22.4 Å². The summed E-state index contributed by atoms with van der Waals surface area (Å²) in [6, 6.07) is 17.6. The monoisotopic (exact) mass is 291 g/mol. The van der Waals surface area contributed by atoms with E-state index in [1.54, 1.807) is 19.2 Å². The summed E-state index contributed by atoms with van der Waals surface area (Å²) in [7, 11) is 1.61. The van der Waals surface area contributed by atoms with Crippen LogP contribution in [0.4, 0.5) is 5.69 Å². The summed E-state index contributed by atoms with van der Waals surface area (Å²) in [5.74, 6) is -0.104. The second kappa shape index (κ2) is 5.90. The maximum absolute atomic E-state index is 11.6. The third kappa shape index (κ3) is 2.42. The molecule has 3 rings (SSSR count). The van der Waals surface area contributed by atoms with Crippen LogP contribution in [0.5, 0.6) is 0 Å². The second-order valence-corrected chi connectivity index (χ2v) is 5.30. The Kier molecular flexibility index (Phi) is 3.80. The van der Waals surface area contributed by atoms with Gasteiger partial charge in [0.05, 0.1) is 6.07 Å². The van der Waals surface area contributed by atoms with E-state index in [0.29, 0.717) is 5.56 Å². The quantitative estimate of drug-likeness (QED) is 0.925. The molecule has 4 nitrogen and oxygen atoms in total. The van der Waals surface area contributed by atoms with Crippen molar-refractivity contribution in [2.75, 3.05) is 18.5 Å². The minimum absolute atomic E-state index is 0.104. The van der Waals surface area contributed by atoms with Crippen molar-refractivity contribution in [1.82, 2.24) is 5.32 Å². The predicted octanol–water partition coefficient (Wildman–Crippen LogP) is 2.67. The minimum atomic E-state index is -0.282. The third-order valence-corrected chi connectivity index (χ3v) is 4.09. The number of benzene rings is 2. The molecule has 1 heterocycles. The molecule has 110 valence electrons. The van der Waals surface area contributed by atoms with Crippen LogP contribution in [0.2, 0.25) is 0 Å².